The summed E-state index contributed by atoms with van der Waals surface area (Å²) in [5, 5.41) is 13.4. The maximum absolute atomic E-state index is 13.5. The number of ketones is 1. The third-order valence-corrected chi connectivity index (χ3v) is 8.37. The molecule has 2 N–H and O–H groups in total. The van der Waals surface area contributed by atoms with Gasteiger partial charge in [-0.25, -0.2) is 0 Å². The first-order chi connectivity index (χ1) is 13.8. The molecule has 0 radical (unpaired) electrons. The highest BCUT2D eigenvalue weighted by molar-refractivity contribution is 5.91. The molecule has 170 valence electrons. The molecular formula is C24H40N2O4. The lowest BCUT2D eigenvalue weighted by Gasteiger charge is -2.37. The summed E-state index contributed by atoms with van der Waals surface area (Å²) in [4.78, 5) is 40.4. The number of hydrogen-bond acceptors (Lipinski definition) is 4. The molecule has 2 amide bonds. The highest BCUT2D eigenvalue weighted by Gasteiger charge is 2.69. The molecule has 1 saturated heterocycles. The number of piperidine rings is 1. The van der Waals surface area contributed by atoms with Crippen molar-refractivity contribution in [3.05, 3.63) is 0 Å². The summed E-state index contributed by atoms with van der Waals surface area (Å²) in [5.41, 5.74) is -0.148. The van der Waals surface area contributed by atoms with E-state index in [1.165, 1.54) is 6.92 Å². The maximum Gasteiger partial charge on any atom is 0.243 e. The van der Waals surface area contributed by atoms with Crippen molar-refractivity contribution in [2.75, 3.05) is 6.54 Å². The second-order valence-corrected chi connectivity index (χ2v) is 11.7. The monoisotopic (exact) mass is 420 g/mol. The van der Waals surface area contributed by atoms with E-state index in [0.717, 1.165) is 19.3 Å². The summed E-state index contributed by atoms with van der Waals surface area (Å²) in [5.74, 6) is 0.184. The number of nitrogens with one attached hydrogen (secondary N) is 1. The van der Waals surface area contributed by atoms with Crippen LogP contribution in [0.1, 0.15) is 74.1 Å². The van der Waals surface area contributed by atoms with Crippen LogP contribution in [0.2, 0.25) is 0 Å². The maximum atomic E-state index is 13.5. The van der Waals surface area contributed by atoms with E-state index in [9.17, 15) is 19.5 Å². The van der Waals surface area contributed by atoms with Gasteiger partial charge in [-0.05, 0) is 41.9 Å². The number of likely N-dealkylation sites (tertiary alicyclic amines) is 1. The summed E-state index contributed by atoms with van der Waals surface area (Å²) in [6, 6.07) is -1.11. The van der Waals surface area contributed by atoms with Crippen LogP contribution < -0.4 is 5.32 Å². The van der Waals surface area contributed by atoms with E-state index < -0.39 is 18.2 Å². The molecule has 1 heterocycles. The van der Waals surface area contributed by atoms with Crippen LogP contribution in [0, 0.1) is 34.5 Å². The Hall–Kier alpha value is -1.43. The Kier molecular flexibility index (Phi) is 6.14. The number of fused-ring (bicyclic) bond motifs is 1. The molecular weight excluding hydrogens is 380 g/mol. The normalized spacial score (nSPS) is 30.7. The van der Waals surface area contributed by atoms with Crippen molar-refractivity contribution in [3.8, 4) is 0 Å². The van der Waals surface area contributed by atoms with Gasteiger partial charge in [-0.1, -0.05) is 60.8 Å². The predicted octanol–water partition coefficient (Wildman–Crippen LogP) is 2.78. The van der Waals surface area contributed by atoms with Crippen LogP contribution in [-0.2, 0) is 14.4 Å². The number of nitrogens with zero attached hydrogens (tertiary/aromatic N) is 1. The number of rotatable bonds is 7. The van der Waals surface area contributed by atoms with Gasteiger partial charge in [0.2, 0.25) is 11.8 Å². The van der Waals surface area contributed by atoms with E-state index in [4.69, 9.17) is 0 Å². The third-order valence-electron chi connectivity index (χ3n) is 8.37. The number of Topliss-reactive ketones (excluding diaryl/α,β-unsaturated/α-hetero) is 1. The van der Waals surface area contributed by atoms with E-state index in [1.54, 1.807) is 4.90 Å². The van der Waals surface area contributed by atoms with Gasteiger partial charge in [0.25, 0.3) is 0 Å². The minimum Gasteiger partial charge on any atom is -0.383 e. The SMILES string of the molecule is CC(=O)C(O)C(CC1CCC1)NC(=O)[C@@H]1C2C(CN1C(=O)[C@@H](C)C(C)(C)C)C2(C)C. The Morgan fingerprint density at radius 2 is 1.80 bits per heavy atom. The van der Waals surface area contributed by atoms with Gasteiger partial charge in [0.05, 0.1) is 6.04 Å². The first-order valence-corrected chi connectivity index (χ1v) is 11.6. The van der Waals surface area contributed by atoms with Gasteiger partial charge in [-0.2, -0.15) is 0 Å². The molecule has 0 bridgehead atoms. The fourth-order valence-electron chi connectivity index (χ4n) is 5.34. The number of carbonyl (C=O) groups excluding carboxylic acids is 3. The van der Waals surface area contributed by atoms with Crippen molar-refractivity contribution in [1.29, 1.82) is 0 Å². The number of hydrogen-bond donors (Lipinski definition) is 2. The van der Waals surface area contributed by atoms with Gasteiger partial charge < -0.3 is 15.3 Å². The molecule has 6 heteroatoms. The number of aliphatic hydroxyl groups excluding tert-OH is 1. The van der Waals surface area contributed by atoms with Crippen molar-refractivity contribution in [2.24, 2.45) is 34.5 Å². The quantitative estimate of drug-likeness (QED) is 0.663. The first kappa shape index (κ1) is 23.2. The van der Waals surface area contributed by atoms with Crippen LogP contribution in [0.5, 0.6) is 0 Å². The lowest BCUT2D eigenvalue weighted by Crippen LogP contribution is -2.56. The molecule has 2 aliphatic carbocycles. The van der Waals surface area contributed by atoms with Gasteiger partial charge >= 0.3 is 0 Å². The van der Waals surface area contributed by atoms with Crippen LogP contribution >= 0.6 is 0 Å². The number of carbonyl (C=O) groups is 3. The third kappa shape index (κ3) is 4.17. The van der Waals surface area contributed by atoms with Crippen molar-refractivity contribution in [3.63, 3.8) is 0 Å². The van der Waals surface area contributed by atoms with E-state index >= 15 is 0 Å². The lowest BCUT2D eigenvalue weighted by molar-refractivity contribution is -0.146. The topological polar surface area (TPSA) is 86.7 Å². The van der Waals surface area contributed by atoms with Crippen LogP contribution in [-0.4, -0.2) is 52.3 Å². The zero-order valence-electron chi connectivity index (χ0n) is 19.7. The van der Waals surface area contributed by atoms with Gasteiger partial charge in [0.15, 0.2) is 5.78 Å². The molecule has 3 aliphatic rings. The highest BCUT2D eigenvalue weighted by Crippen LogP contribution is 2.65. The van der Waals surface area contributed by atoms with Crippen LogP contribution in [0.25, 0.3) is 0 Å². The van der Waals surface area contributed by atoms with Gasteiger partial charge in [-0.15, -0.1) is 0 Å². The molecule has 0 aromatic carbocycles. The molecule has 3 fully saturated rings. The van der Waals surface area contributed by atoms with Gasteiger partial charge in [0.1, 0.15) is 12.1 Å². The summed E-state index contributed by atoms with van der Waals surface area (Å²) in [6.07, 6.45) is 2.73. The molecule has 6 atom stereocenters. The zero-order valence-corrected chi connectivity index (χ0v) is 19.7. The summed E-state index contributed by atoms with van der Waals surface area (Å²) >= 11 is 0. The van der Waals surface area contributed by atoms with Crippen molar-refractivity contribution in [2.45, 2.75) is 92.3 Å². The average molecular weight is 421 g/mol. The minimum atomic E-state index is -1.20. The standard InChI is InChI=1S/C24H40N2O4/c1-13(23(3,4)5)22(30)26-12-16-18(24(16,6)7)19(26)21(29)25-17(20(28)14(2)27)11-15-9-8-10-15/h13,15-20,28H,8-12H2,1-7H3,(H,25,29)/t13-,16?,17?,18?,19+,20?/m1/s1. The van der Waals surface area contributed by atoms with Crippen molar-refractivity contribution < 1.29 is 19.5 Å². The average Bonchev–Trinajstić information content (AvgIpc) is 2.95. The Morgan fingerprint density at radius 3 is 2.27 bits per heavy atom. The van der Waals surface area contributed by atoms with Gasteiger partial charge in [0, 0.05) is 12.5 Å². The number of amides is 2. The molecule has 30 heavy (non-hydrogen) atoms. The molecule has 3 rings (SSSR count). The van der Waals surface area contributed by atoms with E-state index in [-0.39, 0.29) is 40.3 Å². The Labute approximate surface area is 181 Å². The Bertz CT molecular complexity index is 706. The Balaban J connectivity index is 1.78. The van der Waals surface area contributed by atoms with Crippen LogP contribution in [0.3, 0.4) is 0 Å². The fourth-order valence-corrected chi connectivity index (χ4v) is 5.34. The molecule has 0 spiro atoms. The number of aliphatic hydroxyl groups is 1. The Morgan fingerprint density at radius 1 is 1.20 bits per heavy atom. The van der Waals surface area contributed by atoms with E-state index in [2.05, 4.69) is 19.2 Å². The van der Waals surface area contributed by atoms with Crippen molar-refractivity contribution >= 4 is 17.6 Å². The molecule has 6 nitrogen and oxygen atoms in total. The molecule has 4 unspecified atom stereocenters. The zero-order chi connectivity index (χ0) is 22.6. The highest BCUT2D eigenvalue weighted by atomic mass is 16.3. The summed E-state index contributed by atoms with van der Waals surface area (Å²) in [6.45, 7) is 14.4. The molecule has 0 aromatic rings. The summed E-state index contributed by atoms with van der Waals surface area (Å²) in [7, 11) is 0. The molecule has 0 aromatic heterocycles. The van der Waals surface area contributed by atoms with E-state index in [1.807, 2.05) is 27.7 Å². The molecule has 1 aliphatic heterocycles. The van der Waals surface area contributed by atoms with Crippen molar-refractivity contribution in [1.82, 2.24) is 10.2 Å². The second kappa shape index (κ2) is 7.92. The smallest absolute Gasteiger partial charge is 0.243 e. The van der Waals surface area contributed by atoms with Crippen LogP contribution in [0.15, 0.2) is 0 Å². The van der Waals surface area contributed by atoms with Crippen LogP contribution in [0.4, 0.5) is 0 Å². The summed E-state index contributed by atoms with van der Waals surface area (Å²) < 4.78 is 0. The first-order valence-electron chi connectivity index (χ1n) is 11.6. The largest absolute Gasteiger partial charge is 0.383 e. The second-order valence-electron chi connectivity index (χ2n) is 11.7. The molecule has 2 saturated carbocycles. The predicted molar refractivity (Wildman–Crippen MR) is 115 cm³/mol. The van der Waals surface area contributed by atoms with E-state index in [0.29, 0.717) is 24.8 Å². The minimum absolute atomic E-state index is 0.0216. The fraction of sp³-hybridized carbons (Fsp3) is 0.875. The van der Waals surface area contributed by atoms with Gasteiger partial charge in [-0.3, -0.25) is 14.4 Å². The lowest BCUT2D eigenvalue weighted by atomic mass is 9.79.